The predicted molar refractivity (Wildman–Crippen MR) is 162 cm³/mol. The van der Waals surface area contributed by atoms with Crippen molar-refractivity contribution in [3.8, 4) is 0 Å². The maximum Gasteiger partial charge on any atom is 0.258 e. The lowest BCUT2D eigenvalue weighted by Gasteiger charge is -2.27. The molecule has 0 saturated carbocycles. The average molecular weight is 555 g/mol. The Hall–Kier alpha value is -4.17. The number of anilines is 2. The van der Waals surface area contributed by atoms with E-state index >= 15 is 0 Å². The van der Waals surface area contributed by atoms with Gasteiger partial charge in [-0.25, -0.2) is 0 Å². The maximum atomic E-state index is 13.3. The molecule has 0 atom stereocenters. The van der Waals surface area contributed by atoms with E-state index in [2.05, 4.69) is 11.0 Å². The number of nitrogens with zero attached hydrogens (tertiary/aromatic N) is 4. The lowest BCUT2D eigenvalue weighted by atomic mass is 9.90. The third-order valence-electron chi connectivity index (χ3n) is 8.17. The predicted octanol–water partition coefficient (Wildman–Crippen LogP) is 5.27. The number of rotatable bonds is 8. The zero-order valence-electron chi connectivity index (χ0n) is 24.7. The van der Waals surface area contributed by atoms with Crippen LogP contribution < -0.4 is 15.4 Å². The molecule has 1 aliphatic rings. The van der Waals surface area contributed by atoms with Crippen molar-refractivity contribution in [1.82, 2.24) is 9.47 Å². The highest BCUT2D eigenvalue weighted by Gasteiger charge is 2.45. The van der Waals surface area contributed by atoms with Gasteiger partial charge in [0, 0.05) is 44.8 Å². The van der Waals surface area contributed by atoms with Crippen LogP contribution in [0.1, 0.15) is 43.4 Å². The molecule has 0 radical (unpaired) electrons. The number of aromatic nitrogens is 1. The highest BCUT2D eigenvalue weighted by Crippen LogP contribution is 2.39. The second kappa shape index (κ2) is 11.0. The molecule has 5 rings (SSSR count). The minimum absolute atomic E-state index is 0.00940. The molecular formula is C33H38N4O4. The first kappa shape index (κ1) is 28.4. The van der Waals surface area contributed by atoms with Gasteiger partial charge in [-0.15, -0.1) is 0 Å². The lowest BCUT2D eigenvalue weighted by molar-refractivity contribution is -0.137. The number of benzene rings is 2. The molecule has 2 aromatic carbocycles. The molecule has 1 aliphatic heterocycles. The molecule has 8 nitrogen and oxygen atoms in total. The number of hydrogen-bond donors (Lipinski definition) is 0. The van der Waals surface area contributed by atoms with E-state index in [9.17, 15) is 14.4 Å². The molecule has 41 heavy (non-hydrogen) atoms. The second-order valence-corrected chi connectivity index (χ2v) is 11.4. The van der Waals surface area contributed by atoms with Crippen LogP contribution in [0.25, 0.3) is 10.8 Å². The van der Waals surface area contributed by atoms with Gasteiger partial charge in [0.15, 0.2) is 0 Å². The quantitative estimate of drug-likeness (QED) is 0.277. The molecule has 8 heteroatoms. The van der Waals surface area contributed by atoms with E-state index in [1.165, 1.54) is 0 Å². The van der Waals surface area contributed by atoms with Crippen molar-refractivity contribution in [2.24, 2.45) is 5.41 Å². The van der Waals surface area contributed by atoms with Crippen molar-refractivity contribution in [2.75, 3.05) is 29.9 Å². The Morgan fingerprint density at radius 2 is 1.66 bits per heavy atom. The summed E-state index contributed by atoms with van der Waals surface area (Å²) in [5, 5.41) is 1.63. The molecular weight excluding hydrogens is 516 g/mol. The number of fused-ring (bicyclic) bond motifs is 2. The SMILES string of the molecule is CCN1C(=O)C(C)(C)C(=O)N(C)c2cc(CN(CCn3ccc4ccccc4c3=O)Cc3cc(C)c(C)o3)ccc21. The first-order valence-corrected chi connectivity index (χ1v) is 14.1. The summed E-state index contributed by atoms with van der Waals surface area (Å²) in [6, 6.07) is 17.6. The fourth-order valence-corrected chi connectivity index (χ4v) is 5.62. The van der Waals surface area contributed by atoms with E-state index < -0.39 is 5.41 Å². The van der Waals surface area contributed by atoms with Gasteiger partial charge in [0.2, 0.25) is 11.8 Å². The van der Waals surface area contributed by atoms with Gasteiger partial charge in [0.05, 0.1) is 17.9 Å². The van der Waals surface area contributed by atoms with Crippen molar-refractivity contribution >= 4 is 34.0 Å². The van der Waals surface area contributed by atoms with Gasteiger partial charge in [0.1, 0.15) is 16.9 Å². The van der Waals surface area contributed by atoms with Crippen molar-refractivity contribution in [2.45, 2.75) is 54.3 Å². The fourth-order valence-electron chi connectivity index (χ4n) is 5.62. The molecule has 0 unspecified atom stereocenters. The molecule has 0 spiro atoms. The van der Waals surface area contributed by atoms with E-state index in [0.29, 0.717) is 43.8 Å². The van der Waals surface area contributed by atoms with E-state index in [1.807, 2.05) is 75.5 Å². The maximum absolute atomic E-state index is 13.3. The first-order valence-electron chi connectivity index (χ1n) is 14.1. The fraction of sp³-hybridized carbons (Fsp3) is 0.364. The lowest BCUT2D eigenvalue weighted by Crippen LogP contribution is -2.47. The number of hydrogen-bond acceptors (Lipinski definition) is 5. The number of carbonyl (C=O) groups excluding carboxylic acids is 2. The van der Waals surface area contributed by atoms with Crippen LogP contribution in [0.4, 0.5) is 11.4 Å². The number of carbonyl (C=O) groups is 2. The molecule has 2 amide bonds. The smallest absolute Gasteiger partial charge is 0.258 e. The average Bonchev–Trinajstić information content (AvgIpc) is 3.26. The third-order valence-corrected chi connectivity index (χ3v) is 8.17. The summed E-state index contributed by atoms with van der Waals surface area (Å²) in [7, 11) is 1.73. The summed E-state index contributed by atoms with van der Waals surface area (Å²) in [6.45, 7) is 12.0. The number of amides is 2. The van der Waals surface area contributed by atoms with Crippen LogP contribution in [0.2, 0.25) is 0 Å². The van der Waals surface area contributed by atoms with Crippen LogP contribution in [-0.2, 0) is 29.2 Å². The van der Waals surface area contributed by atoms with Gasteiger partial charge in [-0.2, -0.15) is 0 Å². The van der Waals surface area contributed by atoms with E-state index in [0.717, 1.165) is 33.7 Å². The Balaban J connectivity index is 1.46. The Kier molecular flexibility index (Phi) is 7.62. The molecule has 0 saturated heterocycles. The molecule has 2 aromatic heterocycles. The van der Waals surface area contributed by atoms with E-state index in [4.69, 9.17) is 4.42 Å². The van der Waals surface area contributed by atoms with Crippen LogP contribution in [-0.4, -0.2) is 41.4 Å². The Labute approximate surface area is 240 Å². The Morgan fingerprint density at radius 1 is 0.902 bits per heavy atom. The molecule has 0 N–H and O–H groups in total. The van der Waals surface area contributed by atoms with E-state index in [1.54, 1.807) is 35.3 Å². The van der Waals surface area contributed by atoms with Crippen molar-refractivity contribution in [3.63, 3.8) is 0 Å². The Bertz CT molecular complexity index is 1660. The van der Waals surface area contributed by atoms with Gasteiger partial charge < -0.3 is 18.8 Å². The summed E-state index contributed by atoms with van der Waals surface area (Å²) in [5.41, 5.74) is 2.38. The Morgan fingerprint density at radius 3 is 2.37 bits per heavy atom. The number of pyridine rings is 1. The van der Waals surface area contributed by atoms with Gasteiger partial charge >= 0.3 is 0 Å². The summed E-state index contributed by atoms with van der Waals surface area (Å²) in [4.78, 5) is 45.3. The molecule has 214 valence electrons. The zero-order chi connectivity index (χ0) is 29.5. The van der Waals surface area contributed by atoms with Gasteiger partial charge in [-0.1, -0.05) is 24.3 Å². The van der Waals surface area contributed by atoms with Gasteiger partial charge in [-0.05, 0) is 81.5 Å². The normalized spacial score (nSPS) is 15.1. The monoisotopic (exact) mass is 554 g/mol. The zero-order valence-corrected chi connectivity index (χ0v) is 24.7. The van der Waals surface area contributed by atoms with Gasteiger partial charge in [-0.3, -0.25) is 19.3 Å². The second-order valence-electron chi connectivity index (χ2n) is 11.4. The minimum atomic E-state index is -1.15. The van der Waals surface area contributed by atoms with Crippen LogP contribution in [0.15, 0.2) is 70.0 Å². The molecule has 4 aromatic rings. The van der Waals surface area contributed by atoms with Crippen LogP contribution in [0.5, 0.6) is 0 Å². The molecule has 0 fully saturated rings. The van der Waals surface area contributed by atoms with Gasteiger partial charge in [0.25, 0.3) is 5.56 Å². The van der Waals surface area contributed by atoms with Crippen molar-refractivity contribution in [3.05, 3.63) is 93.8 Å². The highest BCUT2D eigenvalue weighted by atomic mass is 16.3. The number of aryl methyl sites for hydroxylation is 2. The molecule has 3 heterocycles. The molecule has 0 bridgehead atoms. The summed E-state index contributed by atoms with van der Waals surface area (Å²) in [6.07, 6.45) is 1.85. The largest absolute Gasteiger partial charge is 0.465 e. The first-order chi connectivity index (χ1) is 19.5. The summed E-state index contributed by atoms with van der Waals surface area (Å²) >= 11 is 0. The minimum Gasteiger partial charge on any atom is -0.465 e. The molecule has 0 aliphatic carbocycles. The summed E-state index contributed by atoms with van der Waals surface area (Å²) in [5.74, 6) is 1.32. The van der Waals surface area contributed by atoms with E-state index in [-0.39, 0.29) is 17.4 Å². The van der Waals surface area contributed by atoms with Crippen molar-refractivity contribution in [1.29, 1.82) is 0 Å². The van der Waals surface area contributed by atoms with Crippen LogP contribution in [0, 0.1) is 19.3 Å². The van der Waals surface area contributed by atoms with Crippen molar-refractivity contribution < 1.29 is 14.0 Å². The third kappa shape index (κ3) is 5.32. The summed E-state index contributed by atoms with van der Waals surface area (Å²) < 4.78 is 7.76. The topological polar surface area (TPSA) is 79.0 Å². The van der Waals surface area contributed by atoms with Crippen LogP contribution in [0.3, 0.4) is 0 Å². The van der Waals surface area contributed by atoms with Crippen LogP contribution >= 0.6 is 0 Å². The highest BCUT2D eigenvalue weighted by molar-refractivity contribution is 6.19. The number of furan rings is 1. The standard InChI is InChI=1S/C33H38N4O4/c1-7-37-28-13-12-24(19-29(28)34(6)31(39)33(4,5)32(37)40)20-35(21-26-18-22(2)23(3)41-26)16-17-36-15-14-25-10-8-9-11-27(25)30(36)38/h8-15,18-19H,7,16-17,20-21H2,1-6H3.